The zero-order valence-electron chi connectivity index (χ0n) is 10.9. The van der Waals surface area contributed by atoms with Crippen molar-refractivity contribution in [2.75, 3.05) is 19.8 Å². The van der Waals surface area contributed by atoms with Crippen molar-refractivity contribution in [2.24, 2.45) is 5.73 Å². The van der Waals surface area contributed by atoms with Gasteiger partial charge in [-0.3, -0.25) is 4.79 Å². The first-order chi connectivity index (χ1) is 9.28. The molecule has 1 aliphatic rings. The van der Waals surface area contributed by atoms with Crippen LogP contribution in [0.3, 0.4) is 0 Å². The summed E-state index contributed by atoms with van der Waals surface area (Å²) in [5.41, 5.74) is 6.55. The summed E-state index contributed by atoms with van der Waals surface area (Å²) in [6.45, 7) is 1.91. The number of nitrogens with two attached hydrogens (primary N) is 1. The van der Waals surface area contributed by atoms with Gasteiger partial charge in [-0.05, 0) is 30.5 Å². The van der Waals surface area contributed by atoms with Crippen molar-refractivity contribution in [3.63, 3.8) is 0 Å². The molecule has 1 heterocycles. The van der Waals surface area contributed by atoms with Gasteiger partial charge in [-0.25, -0.2) is 0 Å². The first kappa shape index (κ1) is 13.8. The highest BCUT2D eigenvalue weighted by Gasteiger charge is 2.16. The fourth-order valence-electron chi connectivity index (χ4n) is 1.99. The molecule has 19 heavy (non-hydrogen) atoms. The molecule has 1 unspecified atom stereocenters. The van der Waals surface area contributed by atoms with Gasteiger partial charge in [-0.2, -0.15) is 0 Å². The number of carbonyl (C=O) groups is 1. The first-order valence-corrected chi connectivity index (χ1v) is 6.57. The molecular formula is C14H20N2O3. The van der Waals surface area contributed by atoms with Gasteiger partial charge in [-0.1, -0.05) is 12.1 Å². The molecule has 1 saturated heterocycles. The van der Waals surface area contributed by atoms with Crippen molar-refractivity contribution in [2.45, 2.75) is 25.4 Å². The Morgan fingerprint density at radius 3 is 2.84 bits per heavy atom. The Hall–Kier alpha value is -1.59. The molecule has 0 aromatic heterocycles. The summed E-state index contributed by atoms with van der Waals surface area (Å²) in [6, 6.07) is 7.53. The zero-order valence-corrected chi connectivity index (χ0v) is 10.9. The van der Waals surface area contributed by atoms with E-state index in [9.17, 15) is 4.79 Å². The predicted molar refractivity (Wildman–Crippen MR) is 71.8 cm³/mol. The molecule has 0 spiro atoms. The normalized spacial score (nSPS) is 18.9. The van der Waals surface area contributed by atoms with E-state index >= 15 is 0 Å². The molecule has 3 N–H and O–H groups in total. The number of hydrogen-bond donors (Lipinski definition) is 2. The van der Waals surface area contributed by atoms with Crippen LogP contribution in [-0.2, 0) is 16.1 Å². The van der Waals surface area contributed by atoms with Gasteiger partial charge in [-0.15, -0.1) is 0 Å². The number of hydrogen-bond acceptors (Lipinski definition) is 4. The maximum atomic E-state index is 11.7. The summed E-state index contributed by atoms with van der Waals surface area (Å²) in [6.07, 6.45) is 1.96. The van der Waals surface area contributed by atoms with E-state index in [0.29, 0.717) is 18.9 Å². The van der Waals surface area contributed by atoms with E-state index in [1.165, 1.54) is 0 Å². The summed E-state index contributed by atoms with van der Waals surface area (Å²) < 4.78 is 10.7. The molecule has 1 aromatic rings. The lowest BCUT2D eigenvalue weighted by atomic mass is 10.1. The van der Waals surface area contributed by atoms with Crippen LogP contribution in [0.2, 0.25) is 0 Å². The lowest BCUT2D eigenvalue weighted by Crippen LogP contribution is -2.42. The van der Waals surface area contributed by atoms with Crippen LogP contribution < -0.4 is 15.8 Å². The number of amides is 1. The Morgan fingerprint density at radius 1 is 1.42 bits per heavy atom. The number of ether oxygens (including phenoxy) is 2. The number of carbonyl (C=O) groups excluding carboxylic acids is 1. The van der Waals surface area contributed by atoms with Crippen molar-refractivity contribution in [3.8, 4) is 5.75 Å². The predicted octanol–water partition coefficient (Wildman–Crippen LogP) is 0.819. The second-order valence-electron chi connectivity index (χ2n) is 4.62. The van der Waals surface area contributed by atoms with E-state index in [1.54, 1.807) is 0 Å². The van der Waals surface area contributed by atoms with E-state index in [1.807, 2.05) is 24.3 Å². The molecule has 5 nitrogen and oxygen atoms in total. The zero-order chi connectivity index (χ0) is 13.5. The third-order valence-corrected chi connectivity index (χ3v) is 3.05. The third kappa shape index (κ3) is 4.54. The molecule has 1 aliphatic heterocycles. The van der Waals surface area contributed by atoms with Crippen molar-refractivity contribution in [1.29, 1.82) is 0 Å². The van der Waals surface area contributed by atoms with Gasteiger partial charge in [0.25, 0.3) is 5.91 Å². The highest BCUT2D eigenvalue weighted by molar-refractivity contribution is 5.77. The Balaban J connectivity index is 1.72. The first-order valence-electron chi connectivity index (χ1n) is 6.57. The van der Waals surface area contributed by atoms with E-state index in [2.05, 4.69) is 5.32 Å². The fraction of sp³-hybridized carbons (Fsp3) is 0.500. The topological polar surface area (TPSA) is 73.6 Å². The van der Waals surface area contributed by atoms with Gasteiger partial charge in [0, 0.05) is 13.2 Å². The molecule has 0 bridgehead atoms. The van der Waals surface area contributed by atoms with E-state index in [4.69, 9.17) is 15.2 Å². The van der Waals surface area contributed by atoms with Crippen LogP contribution in [0.15, 0.2) is 24.3 Å². The molecular weight excluding hydrogens is 244 g/mol. The van der Waals surface area contributed by atoms with Gasteiger partial charge in [0.1, 0.15) is 5.75 Å². The summed E-state index contributed by atoms with van der Waals surface area (Å²) in [5, 5.41) is 2.90. The lowest BCUT2D eigenvalue weighted by Gasteiger charge is -2.23. The molecule has 104 valence electrons. The average molecular weight is 264 g/mol. The summed E-state index contributed by atoms with van der Waals surface area (Å²) in [5.74, 6) is 0.561. The van der Waals surface area contributed by atoms with E-state index < -0.39 is 0 Å². The van der Waals surface area contributed by atoms with Gasteiger partial charge in [0.15, 0.2) is 6.61 Å². The van der Waals surface area contributed by atoms with Gasteiger partial charge in [0.2, 0.25) is 0 Å². The van der Waals surface area contributed by atoms with Crippen LogP contribution in [0.5, 0.6) is 5.75 Å². The second kappa shape index (κ2) is 7.11. The van der Waals surface area contributed by atoms with Crippen molar-refractivity contribution in [1.82, 2.24) is 5.32 Å². The maximum absolute atomic E-state index is 11.7. The van der Waals surface area contributed by atoms with Crippen LogP contribution in [0.4, 0.5) is 0 Å². The Labute approximate surface area is 113 Å². The third-order valence-electron chi connectivity index (χ3n) is 3.05. The minimum Gasteiger partial charge on any atom is -0.484 e. The van der Waals surface area contributed by atoms with Crippen LogP contribution >= 0.6 is 0 Å². The second-order valence-corrected chi connectivity index (χ2v) is 4.62. The summed E-state index contributed by atoms with van der Waals surface area (Å²) >= 11 is 0. The molecule has 2 rings (SSSR count). The minimum absolute atomic E-state index is 0.0263. The lowest BCUT2D eigenvalue weighted by molar-refractivity contribution is -0.124. The standard InChI is InChI=1S/C14H20N2O3/c15-8-11-3-5-13(6-4-11)19-10-14(17)16-12-2-1-7-18-9-12/h3-6,12H,1-2,7-10,15H2,(H,16,17). The van der Waals surface area contributed by atoms with Crippen LogP contribution in [-0.4, -0.2) is 31.8 Å². The van der Waals surface area contributed by atoms with Gasteiger partial charge in [0.05, 0.1) is 12.6 Å². The van der Waals surface area contributed by atoms with Crippen LogP contribution in [0.1, 0.15) is 18.4 Å². The molecule has 0 saturated carbocycles. The summed E-state index contributed by atoms with van der Waals surface area (Å²) in [7, 11) is 0. The van der Waals surface area contributed by atoms with Crippen molar-refractivity contribution < 1.29 is 14.3 Å². The van der Waals surface area contributed by atoms with Crippen LogP contribution in [0, 0.1) is 0 Å². The Bertz CT molecular complexity index is 400. The Morgan fingerprint density at radius 2 is 2.21 bits per heavy atom. The number of rotatable bonds is 5. The van der Waals surface area contributed by atoms with E-state index in [0.717, 1.165) is 25.0 Å². The smallest absolute Gasteiger partial charge is 0.258 e. The van der Waals surface area contributed by atoms with Crippen molar-refractivity contribution in [3.05, 3.63) is 29.8 Å². The molecule has 1 atom stereocenters. The molecule has 5 heteroatoms. The molecule has 1 aromatic carbocycles. The SMILES string of the molecule is NCc1ccc(OCC(=O)NC2CCCOC2)cc1. The highest BCUT2D eigenvalue weighted by Crippen LogP contribution is 2.11. The largest absolute Gasteiger partial charge is 0.484 e. The fourth-order valence-corrected chi connectivity index (χ4v) is 1.99. The maximum Gasteiger partial charge on any atom is 0.258 e. The van der Waals surface area contributed by atoms with E-state index in [-0.39, 0.29) is 18.6 Å². The monoisotopic (exact) mass is 264 g/mol. The molecule has 1 amide bonds. The molecule has 1 fully saturated rings. The average Bonchev–Trinajstić information content (AvgIpc) is 2.47. The molecule has 0 aliphatic carbocycles. The number of nitrogens with one attached hydrogen (secondary N) is 1. The highest BCUT2D eigenvalue weighted by atomic mass is 16.5. The van der Waals surface area contributed by atoms with Gasteiger partial charge >= 0.3 is 0 Å². The number of benzene rings is 1. The van der Waals surface area contributed by atoms with Crippen molar-refractivity contribution >= 4 is 5.91 Å². The quantitative estimate of drug-likeness (QED) is 0.825. The van der Waals surface area contributed by atoms with Gasteiger partial charge < -0.3 is 20.5 Å². The van der Waals surface area contributed by atoms with Crippen LogP contribution in [0.25, 0.3) is 0 Å². The molecule has 0 radical (unpaired) electrons. The minimum atomic E-state index is -0.113. The summed E-state index contributed by atoms with van der Waals surface area (Å²) in [4.78, 5) is 11.7. The Kier molecular flexibility index (Phi) is 5.18.